The number of nitrogens with one attached hydrogen (secondary N) is 1. The fourth-order valence-corrected chi connectivity index (χ4v) is 4.05. The van der Waals surface area contributed by atoms with E-state index in [4.69, 9.17) is 0 Å². The van der Waals surface area contributed by atoms with E-state index in [-0.39, 0.29) is 18.7 Å². The van der Waals surface area contributed by atoms with E-state index < -0.39 is 11.8 Å². The van der Waals surface area contributed by atoms with Crippen LogP contribution in [0.25, 0.3) is 0 Å². The molecule has 0 aromatic heterocycles. The van der Waals surface area contributed by atoms with Crippen LogP contribution in [0.2, 0.25) is 0 Å². The minimum Gasteiger partial charge on any atom is -0.356 e. The summed E-state index contributed by atoms with van der Waals surface area (Å²) < 4.78 is 26.5. The zero-order valence-electron chi connectivity index (χ0n) is 11.1. The van der Waals surface area contributed by atoms with Gasteiger partial charge in [-0.1, -0.05) is 22.4 Å². The summed E-state index contributed by atoms with van der Waals surface area (Å²) in [4.78, 5) is 12.5. The van der Waals surface area contributed by atoms with Crippen molar-refractivity contribution in [3.8, 4) is 0 Å². The van der Waals surface area contributed by atoms with E-state index in [1.807, 2.05) is 0 Å². The van der Waals surface area contributed by atoms with Gasteiger partial charge in [-0.2, -0.15) is 0 Å². The second-order valence-electron chi connectivity index (χ2n) is 6.02. The third kappa shape index (κ3) is 4.69. The van der Waals surface area contributed by atoms with Gasteiger partial charge >= 0.3 is 0 Å². The second-order valence-corrected chi connectivity index (χ2v) is 7.32. The highest BCUT2D eigenvalue weighted by Gasteiger charge is 2.39. The number of amides is 1. The topological polar surface area (TPSA) is 29.1 Å². The first kappa shape index (κ1) is 15.2. The molecule has 1 amide bonds. The molecule has 2 nitrogen and oxygen atoms in total. The molecule has 0 aromatic carbocycles. The van der Waals surface area contributed by atoms with Crippen LogP contribution < -0.4 is 5.32 Å². The molecule has 2 saturated carbocycles. The van der Waals surface area contributed by atoms with E-state index >= 15 is 0 Å². The van der Waals surface area contributed by atoms with Crippen molar-refractivity contribution in [3.05, 3.63) is 0 Å². The van der Waals surface area contributed by atoms with Gasteiger partial charge in [0.25, 0.3) is 0 Å². The maximum absolute atomic E-state index is 13.3. The standard InChI is InChI=1S/C14H22BrF2NO/c15-12-5-1-3-10(7-12)9-18-13(19)11-4-2-6-14(16,17)8-11/h10-12H,1-9H2,(H,18,19). The molecule has 110 valence electrons. The first-order chi connectivity index (χ1) is 8.96. The first-order valence-electron chi connectivity index (χ1n) is 7.26. The van der Waals surface area contributed by atoms with Gasteiger partial charge in [0.1, 0.15) is 0 Å². The van der Waals surface area contributed by atoms with Crippen LogP contribution in [0.15, 0.2) is 0 Å². The second kappa shape index (κ2) is 6.51. The van der Waals surface area contributed by atoms with Crippen LogP contribution in [-0.2, 0) is 4.79 Å². The molecule has 3 atom stereocenters. The zero-order valence-corrected chi connectivity index (χ0v) is 12.7. The van der Waals surface area contributed by atoms with Crippen molar-refractivity contribution in [1.82, 2.24) is 5.32 Å². The van der Waals surface area contributed by atoms with Gasteiger partial charge in [0, 0.05) is 30.1 Å². The Bertz CT molecular complexity index is 325. The Balaban J connectivity index is 1.74. The molecule has 0 aliphatic heterocycles. The summed E-state index contributed by atoms with van der Waals surface area (Å²) in [5.41, 5.74) is 0. The van der Waals surface area contributed by atoms with E-state index in [0.717, 1.165) is 12.8 Å². The summed E-state index contributed by atoms with van der Waals surface area (Å²) in [6, 6.07) is 0. The smallest absolute Gasteiger partial charge is 0.248 e. The molecule has 2 aliphatic rings. The molecule has 0 bridgehead atoms. The van der Waals surface area contributed by atoms with Crippen LogP contribution in [-0.4, -0.2) is 23.2 Å². The largest absolute Gasteiger partial charge is 0.356 e. The van der Waals surface area contributed by atoms with Crippen LogP contribution in [0.4, 0.5) is 8.78 Å². The van der Waals surface area contributed by atoms with E-state index in [2.05, 4.69) is 21.2 Å². The Kier molecular flexibility index (Phi) is 5.21. The van der Waals surface area contributed by atoms with Gasteiger partial charge in [0.15, 0.2) is 0 Å². The van der Waals surface area contributed by atoms with Crippen molar-refractivity contribution in [3.63, 3.8) is 0 Å². The summed E-state index contributed by atoms with van der Waals surface area (Å²) in [6.07, 6.45) is 5.29. The molecule has 0 radical (unpaired) electrons. The van der Waals surface area contributed by atoms with Crippen LogP contribution in [0.1, 0.15) is 51.4 Å². The molecule has 19 heavy (non-hydrogen) atoms. The molecule has 0 aromatic rings. The lowest BCUT2D eigenvalue weighted by Crippen LogP contribution is -2.40. The highest BCUT2D eigenvalue weighted by molar-refractivity contribution is 9.09. The Hall–Kier alpha value is -0.190. The fourth-order valence-electron chi connectivity index (χ4n) is 3.20. The highest BCUT2D eigenvalue weighted by Crippen LogP contribution is 2.36. The Morgan fingerprint density at radius 3 is 2.74 bits per heavy atom. The van der Waals surface area contributed by atoms with E-state index in [1.165, 1.54) is 12.8 Å². The van der Waals surface area contributed by atoms with Gasteiger partial charge in [-0.3, -0.25) is 4.79 Å². The number of rotatable bonds is 3. The average Bonchev–Trinajstić information content (AvgIpc) is 2.35. The molecular formula is C14H22BrF2NO. The van der Waals surface area contributed by atoms with Crippen molar-refractivity contribution in [1.29, 1.82) is 0 Å². The highest BCUT2D eigenvalue weighted by atomic mass is 79.9. The summed E-state index contributed by atoms with van der Waals surface area (Å²) >= 11 is 3.62. The fraction of sp³-hybridized carbons (Fsp3) is 0.929. The molecule has 0 saturated heterocycles. The van der Waals surface area contributed by atoms with Crippen molar-refractivity contribution < 1.29 is 13.6 Å². The Morgan fingerprint density at radius 1 is 1.26 bits per heavy atom. The van der Waals surface area contributed by atoms with Gasteiger partial charge in [0.2, 0.25) is 11.8 Å². The lowest BCUT2D eigenvalue weighted by atomic mass is 9.85. The van der Waals surface area contributed by atoms with Crippen LogP contribution in [0.5, 0.6) is 0 Å². The SMILES string of the molecule is O=C(NCC1CCCC(Br)C1)C1CCCC(F)(F)C1. The number of hydrogen-bond donors (Lipinski definition) is 1. The molecule has 0 spiro atoms. The van der Waals surface area contributed by atoms with Crippen molar-refractivity contribution in [2.75, 3.05) is 6.54 Å². The summed E-state index contributed by atoms with van der Waals surface area (Å²) in [5.74, 6) is -2.82. The average molecular weight is 338 g/mol. The lowest BCUT2D eigenvalue weighted by Gasteiger charge is -2.30. The number of carbonyl (C=O) groups excluding carboxylic acids is 1. The summed E-state index contributed by atoms with van der Waals surface area (Å²) in [5, 5.41) is 2.89. The molecule has 5 heteroatoms. The monoisotopic (exact) mass is 337 g/mol. The minimum atomic E-state index is -2.65. The summed E-state index contributed by atoms with van der Waals surface area (Å²) in [6.45, 7) is 0.642. The lowest BCUT2D eigenvalue weighted by molar-refractivity contribution is -0.132. The Morgan fingerprint density at radius 2 is 2.05 bits per heavy atom. The van der Waals surface area contributed by atoms with E-state index in [0.29, 0.717) is 30.1 Å². The molecule has 1 N–H and O–H groups in total. The summed E-state index contributed by atoms with van der Waals surface area (Å²) in [7, 11) is 0. The normalized spacial score (nSPS) is 34.8. The molecule has 3 unspecified atom stereocenters. The Labute approximate surface area is 121 Å². The maximum atomic E-state index is 13.3. The van der Waals surface area contributed by atoms with Crippen LogP contribution in [0.3, 0.4) is 0 Å². The van der Waals surface area contributed by atoms with Gasteiger partial charge in [0.05, 0.1) is 0 Å². The molecule has 2 rings (SSSR count). The molecule has 2 fully saturated rings. The third-order valence-corrected chi connectivity index (χ3v) is 5.13. The first-order valence-corrected chi connectivity index (χ1v) is 8.17. The van der Waals surface area contributed by atoms with Gasteiger partial charge in [-0.15, -0.1) is 0 Å². The molecule has 2 aliphatic carbocycles. The van der Waals surface area contributed by atoms with E-state index in [1.54, 1.807) is 0 Å². The molecule has 0 heterocycles. The van der Waals surface area contributed by atoms with Crippen LogP contribution >= 0.6 is 15.9 Å². The number of alkyl halides is 3. The number of hydrogen-bond acceptors (Lipinski definition) is 1. The predicted molar refractivity (Wildman–Crippen MR) is 74.6 cm³/mol. The number of carbonyl (C=O) groups is 1. The predicted octanol–water partition coefficient (Wildman–Crippen LogP) is 3.88. The maximum Gasteiger partial charge on any atom is 0.248 e. The van der Waals surface area contributed by atoms with Crippen molar-refractivity contribution in [2.45, 2.75) is 62.1 Å². The molecular weight excluding hydrogens is 316 g/mol. The van der Waals surface area contributed by atoms with Crippen molar-refractivity contribution >= 4 is 21.8 Å². The van der Waals surface area contributed by atoms with Gasteiger partial charge in [-0.25, -0.2) is 8.78 Å². The quantitative estimate of drug-likeness (QED) is 0.778. The van der Waals surface area contributed by atoms with Crippen molar-refractivity contribution in [2.24, 2.45) is 11.8 Å². The van der Waals surface area contributed by atoms with Gasteiger partial charge < -0.3 is 5.32 Å². The minimum absolute atomic E-state index is 0.0648. The van der Waals surface area contributed by atoms with Crippen LogP contribution in [0, 0.1) is 11.8 Å². The van der Waals surface area contributed by atoms with E-state index in [9.17, 15) is 13.6 Å². The van der Waals surface area contributed by atoms with Gasteiger partial charge in [-0.05, 0) is 38.0 Å². The zero-order chi connectivity index (χ0) is 13.9. The third-order valence-electron chi connectivity index (χ3n) is 4.29. The number of halogens is 3.